The van der Waals surface area contributed by atoms with E-state index in [9.17, 15) is 0 Å². The number of methoxy groups -OCH3 is 2. The Balaban J connectivity index is 1.97. The monoisotopic (exact) mass is 371 g/mol. The molecule has 0 aliphatic carbocycles. The van der Waals surface area contributed by atoms with Crippen molar-refractivity contribution in [3.05, 3.63) is 24.4 Å². The molecule has 0 spiro atoms. The number of ether oxygens (including phenoxy) is 2. The van der Waals surface area contributed by atoms with Gasteiger partial charge in [-0.05, 0) is 39.2 Å². The Kier molecular flexibility index (Phi) is 5.60. The van der Waals surface area contributed by atoms with Gasteiger partial charge in [0, 0.05) is 18.2 Å². The number of fused-ring (bicyclic) bond motifs is 1. The van der Waals surface area contributed by atoms with Gasteiger partial charge in [0.1, 0.15) is 11.5 Å². The first-order chi connectivity index (χ1) is 13.0. The predicted octanol–water partition coefficient (Wildman–Crippen LogP) is 1.75. The Morgan fingerprint density at radius 2 is 1.85 bits per heavy atom. The van der Waals surface area contributed by atoms with Gasteiger partial charge in [-0.3, -0.25) is 0 Å². The van der Waals surface area contributed by atoms with Crippen LogP contribution in [0.1, 0.15) is 6.42 Å². The Morgan fingerprint density at radius 1 is 1.15 bits per heavy atom. The Labute approximate surface area is 158 Å². The molecule has 1 aromatic carbocycles. The van der Waals surface area contributed by atoms with Gasteiger partial charge in [-0.15, -0.1) is 5.10 Å². The third-order valence-electron chi connectivity index (χ3n) is 4.10. The molecular weight excluding hydrogens is 346 g/mol. The molecule has 0 saturated carbocycles. The lowest BCUT2D eigenvalue weighted by molar-refractivity contribution is 0.394. The van der Waals surface area contributed by atoms with Gasteiger partial charge >= 0.3 is 0 Å². The predicted molar refractivity (Wildman–Crippen MR) is 105 cm³/mol. The zero-order valence-electron chi connectivity index (χ0n) is 16.1. The molecule has 0 aliphatic rings. The first-order valence-electron chi connectivity index (χ1n) is 8.65. The molecule has 2 aromatic heterocycles. The van der Waals surface area contributed by atoms with Gasteiger partial charge in [-0.1, -0.05) is 0 Å². The summed E-state index contributed by atoms with van der Waals surface area (Å²) in [4.78, 5) is 11.0. The topological polar surface area (TPSA) is 103 Å². The van der Waals surface area contributed by atoms with E-state index in [0.29, 0.717) is 23.0 Å². The molecule has 0 saturated heterocycles. The molecule has 9 heteroatoms. The van der Waals surface area contributed by atoms with E-state index in [1.54, 1.807) is 24.9 Å². The summed E-state index contributed by atoms with van der Waals surface area (Å²) in [5.74, 6) is 2.19. The summed E-state index contributed by atoms with van der Waals surface area (Å²) in [7, 11) is 7.32. The first-order valence-corrected chi connectivity index (χ1v) is 8.65. The van der Waals surface area contributed by atoms with Crippen molar-refractivity contribution >= 4 is 17.4 Å². The van der Waals surface area contributed by atoms with Crippen molar-refractivity contribution in [1.29, 1.82) is 0 Å². The van der Waals surface area contributed by atoms with Gasteiger partial charge < -0.3 is 25.4 Å². The highest BCUT2D eigenvalue weighted by molar-refractivity contribution is 5.72. The number of anilines is 2. The number of nitrogens with zero attached hydrogens (tertiary/aromatic N) is 5. The summed E-state index contributed by atoms with van der Waals surface area (Å²) in [5.41, 5.74) is 8.02. The third kappa shape index (κ3) is 4.20. The number of nitrogens with one attached hydrogen (secondary N) is 1. The van der Waals surface area contributed by atoms with E-state index in [1.807, 2.05) is 32.3 Å². The highest BCUT2D eigenvalue weighted by Crippen LogP contribution is 2.30. The summed E-state index contributed by atoms with van der Waals surface area (Å²) < 4.78 is 12.4. The van der Waals surface area contributed by atoms with E-state index < -0.39 is 0 Å². The van der Waals surface area contributed by atoms with Crippen LogP contribution in [0.15, 0.2) is 24.4 Å². The molecule has 0 radical (unpaired) electrons. The Bertz CT molecular complexity index is 901. The molecule has 0 atom stereocenters. The lowest BCUT2D eigenvalue weighted by Gasteiger charge is -2.12. The molecule has 3 aromatic rings. The van der Waals surface area contributed by atoms with E-state index in [0.717, 1.165) is 30.8 Å². The first kappa shape index (κ1) is 18.7. The zero-order valence-corrected chi connectivity index (χ0v) is 16.1. The number of aromatic nitrogens is 4. The maximum Gasteiger partial charge on any atom is 0.240 e. The number of nitrogen functional groups attached to an aromatic ring is 1. The van der Waals surface area contributed by atoms with Crippen LogP contribution in [0.25, 0.3) is 16.9 Å². The minimum absolute atomic E-state index is 0.190. The van der Waals surface area contributed by atoms with Crippen LogP contribution >= 0.6 is 0 Å². The second kappa shape index (κ2) is 8.09. The molecule has 3 N–H and O–H groups in total. The molecule has 0 unspecified atom stereocenters. The van der Waals surface area contributed by atoms with Crippen LogP contribution in [-0.4, -0.2) is 65.9 Å². The molecule has 0 aliphatic heterocycles. The van der Waals surface area contributed by atoms with Crippen molar-refractivity contribution in [1.82, 2.24) is 24.5 Å². The van der Waals surface area contributed by atoms with Crippen LogP contribution in [0.3, 0.4) is 0 Å². The standard InChI is InChI=1S/C18H25N7O2/c1-24(2)7-5-6-20-16-17-22-18(19)23-25(17)15(11-21-16)12-8-13(26-3)10-14(9-12)27-4/h8-11H,5-7H2,1-4H3,(H2,19,23)(H,20,21). The summed E-state index contributed by atoms with van der Waals surface area (Å²) in [5, 5.41) is 7.65. The normalized spacial score (nSPS) is 11.1. The van der Waals surface area contributed by atoms with Crippen LogP contribution < -0.4 is 20.5 Å². The van der Waals surface area contributed by atoms with Gasteiger partial charge in [0.05, 0.1) is 26.1 Å². The molecule has 0 amide bonds. The van der Waals surface area contributed by atoms with E-state index in [1.165, 1.54) is 0 Å². The smallest absolute Gasteiger partial charge is 0.240 e. The number of nitrogens with two attached hydrogens (primary N) is 1. The summed E-state index contributed by atoms with van der Waals surface area (Å²) in [6, 6.07) is 5.59. The molecule has 144 valence electrons. The quantitative estimate of drug-likeness (QED) is 0.578. The maximum absolute atomic E-state index is 5.86. The lowest BCUT2D eigenvalue weighted by atomic mass is 10.1. The molecular formula is C18H25N7O2. The van der Waals surface area contributed by atoms with Crippen molar-refractivity contribution in [2.24, 2.45) is 0 Å². The molecule has 0 bridgehead atoms. The third-order valence-corrected chi connectivity index (χ3v) is 4.10. The molecule has 9 nitrogen and oxygen atoms in total. The van der Waals surface area contributed by atoms with Gasteiger partial charge in [-0.25, -0.2) is 9.50 Å². The van der Waals surface area contributed by atoms with Crippen LogP contribution in [0.2, 0.25) is 0 Å². The fourth-order valence-electron chi connectivity index (χ4n) is 2.77. The molecule has 0 fully saturated rings. The average Bonchev–Trinajstić information content (AvgIpc) is 3.05. The number of hydrogen-bond acceptors (Lipinski definition) is 8. The van der Waals surface area contributed by atoms with Crippen LogP contribution in [0.5, 0.6) is 11.5 Å². The fourth-order valence-corrected chi connectivity index (χ4v) is 2.77. The minimum Gasteiger partial charge on any atom is -0.497 e. The van der Waals surface area contributed by atoms with E-state index >= 15 is 0 Å². The van der Waals surface area contributed by atoms with Gasteiger partial charge in [0.15, 0.2) is 5.82 Å². The second-order valence-electron chi connectivity index (χ2n) is 6.38. The van der Waals surface area contributed by atoms with Gasteiger partial charge in [-0.2, -0.15) is 4.98 Å². The minimum atomic E-state index is 0.190. The van der Waals surface area contributed by atoms with Crippen molar-refractivity contribution in [3.63, 3.8) is 0 Å². The van der Waals surface area contributed by atoms with Crippen molar-refractivity contribution < 1.29 is 9.47 Å². The van der Waals surface area contributed by atoms with E-state index in [-0.39, 0.29) is 5.95 Å². The van der Waals surface area contributed by atoms with Crippen LogP contribution in [0.4, 0.5) is 11.8 Å². The van der Waals surface area contributed by atoms with Crippen LogP contribution in [0, 0.1) is 0 Å². The zero-order chi connectivity index (χ0) is 19.4. The Morgan fingerprint density at radius 3 is 2.48 bits per heavy atom. The van der Waals surface area contributed by atoms with Crippen molar-refractivity contribution in [2.75, 3.05) is 52.5 Å². The maximum atomic E-state index is 5.86. The second-order valence-corrected chi connectivity index (χ2v) is 6.38. The highest BCUT2D eigenvalue weighted by atomic mass is 16.5. The summed E-state index contributed by atoms with van der Waals surface area (Å²) in [6.45, 7) is 1.76. The highest BCUT2D eigenvalue weighted by Gasteiger charge is 2.15. The van der Waals surface area contributed by atoms with Crippen molar-refractivity contribution in [2.45, 2.75) is 6.42 Å². The number of hydrogen-bond donors (Lipinski definition) is 2. The number of benzene rings is 1. The summed E-state index contributed by atoms with van der Waals surface area (Å²) >= 11 is 0. The molecule has 2 heterocycles. The Hall–Kier alpha value is -3.07. The van der Waals surface area contributed by atoms with E-state index in [4.69, 9.17) is 15.2 Å². The van der Waals surface area contributed by atoms with Crippen molar-refractivity contribution in [3.8, 4) is 22.8 Å². The lowest BCUT2D eigenvalue weighted by Crippen LogP contribution is -2.17. The average molecular weight is 371 g/mol. The van der Waals surface area contributed by atoms with E-state index in [2.05, 4.69) is 25.3 Å². The summed E-state index contributed by atoms with van der Waals surface area (Å²) in [6.07, 6.45) is 2.73. The van der Waals surface area contributed by atoms with Crippen LogP contribution in [-0.2, 0) is 0 Å². The van der Waals surface area contributed by atoms with Gasteiger partial charge in [0.2, 0.25) is 11.6 Å². The fraction of sp³-hybridized carbons (Fsp3) is 0.389. The van der Waals surface area contributed by atoms with Gasteiger partial charge in [0.25, 0.3) is 0 Å². The molecule has 27 heavy (non-hydrogen) atoms. The largest absolute Gasteiger partial charge is 0.497 e. The molecule has 3 rings (SSSR count). The number of rotatable bonds is 8. The SMILES string of the molecule is COc1cc(OC)cc(-c2cnc(NCCCN(C)C)c3nc(N)nn23)c1.